The van der Waals surface area contributed by atoms with Gasteiger partial charge in [-0.25, -0.2) is 9.97 Å². The molecule has 1 amide bonds. The topological polar surface area (TPSA) is 54.9 Å². The normalized spacial score (nSPS) is 11.1. The lowest BCUT2D eigenvalue weighted by Crippen LogP contribution is -2.14. The summed E-state index contributed by atoms with van der Waals surface area (Å²) < 4.78 is 36.1. The monoisotopic (exact) mass is 205 g/mol. The molecule has 14 heavy (non-hydrogen) atoms. The molecule has 0 aliphatic carbocycles. The lowest BCUT2D eigenvalue weighted by atomic mass is 10.3. The predicted octanol–water partition coefficient (Wildman–Crippen LogP) is 0.741. The summed E-state index contributed by atoms with van der Waals surface area (Å²) in [6, 6.07) is 0. The van der Waals surface area contributed by atoms with Gasteiger partial charge in [-0.2, -0.15) is 13.2 Å². The lowest BCUT2D eigenvalue weighted by molar-refractivity contribution is -0.138. The first-order valence-electron chi connectivity index (χ1n) is 3.59. The van der Waals surface area contributed by atoms with E-state index < -0.39 is 11.7 Å². The summed E-state index contributed by atoms with van der Waals surface area (Å²) in [4.78, 5) is 16.7. The highest BCUT2D eigenvalue weighted by molar-refractivity contribution is 5.45. The quantitative estimate of drug-likeness (QED) is 0.740. The first-order chi connectivity index (χ1) is 6.54. The van der Waals surface area contributed by atoms with Crippen LogP contribution in [-0.2, 0) is 17.5 Å². The molecule has 0 saturated carbocycles. The van der Waals surface area contributed by atoms with Crippen LogP contribution in [0.3, 0.4) is 0 Å². The van der Waals surface area contributed by atoms with Crippen molar-refractivity contribution in [2.45, 2.75) is 12.7 Å². The van der Waals surface area contributed by atoms with Crippen molar-refractivity contribution in [2.75, 3.05) is 0 Å². The van der Waals surface area contributed by atoms with Gasteiger partial charge < -0.3 is 5.32 Å². The maximum atomic E-state index is 12.0. The largest absolute Gasteiger partial charge is 0.419 e. The molecule has 0 saturated heterocycles. The molecule has 1 aromatic heterocycles. The Morgan fingerprint density at radius 1 is 1.36 bits per heavy atom. The predicted molar refractivity (Wildman–Crippen MR) is 39.9 cm³/mol. The van der Waals surface area contributed by atoms with Gasteiger partial charge in [0.25, 0.3) is 0 Å². The van der Waals surface area contributed by atoms with E-state index >= 15 is 0 Å². The zero-order valence-electron chi connectivity index (χ0n) is 6.88. The second-order valence-electron chi connectivity index (χ2n) is 2.38. The molecule has 1 rings (SSSR count). The highest BCUT2D eigenvalue weighted by Crippen LogP contribution is 2.27. The number of carbonyl (C=O) groups is 1. The van der Waals surface area contributed by atoms with Crippen molar-refractivity contribution >= 4 is 6.41 Å². The van der Waals surface area contributed by atoms with Crippen LogP contribution in [0.15, 0.2) is 12.4 Å². The van der Waals surface area contributed by atoms with Gasteiger partial charge in [-0.1, -0.05) is 0 Å². The number of halogens is 3. The first kappa shape index (κ1) is 10.4. The summed E-state index contributed by atoms with van der Waals surface area (Å²) in [5, 5.41) is 2.24. The van der Waals surface area contributed by atoms with Crippen molar-refractivity contribution in [3.05, 3.63) is 23.8 Å². The van der Waals surface area contributed by atoms with E-state index in [0.717, 1.165) is 0 Å². The van der Waals surface area contributed by atoms with Crippen LogP contribution in [0.25, 0.3) is 0 Å². The molecule has 0 aliphatic rings. The first-order valence-corrected chi connectivity index (χ1v) is 3.59. The minimum absolute atomic E-state index is 0.0155. The Morgan fingerprint density at radius 3 is 2.36 bits per heavy atom. The molecule has 0 unspecified atom stereocenters. The fraction of sp³-hybridized carbons (Fsp3) is 0.286. The van der Waals surface area contributed by atoms with Crippen LogP contribution >= 0.6 is 0 Å². The second-order valence-corrected chi connectivity index (χ2v) is 2.38. The van der Waals surface area contributed by atoms with E-state index in [1.54, 1.807) is 0 Å². The minimum Gasteiger partial charge on any atom is -0.351 e. The molecule has 1 aromatic rings. The molecule has 4 nitrogen and oxygen atoms in total. The van der Waals surface area contributed by atoms with Crippen LogP contribution in [-0.4, -0.2) is 16.4 Å². The Morgan fingerprint density at radius 2 is 1.93 bits per heavy atom. The molecule has 7 heteroatoms. The number of carbonyl (C=O) groups excluding carboxylic acids is 1. The van der Waals surface area contributed by atoms with Crippen LogP contribution in [0, 0.1) is 0 Å². The number of alkyl halides is 3. The average Bonchev–Trinajstić information content (AvgIpc) is 2.14. The SMILES string of the molecule is O=CNCc1ncc(C(F)(F)F)cn1. The van der Waals surface area contributed by atoms with Crippen LogP contribution < -0.4 is 5.32 Å². The molecular weight excluding hydrogens is 199 g/mol. The summed E-state index contributed by atoms with van der Waals surface area (Å²) in [6.07, 6.45) is -2.67. The Hall–Kier alpha value is -1.66. The number of amides is 1. The van der Waals surface area contributed by atoms with Crippen molar-refractivity contribution in [3.63, 3.8) is 0 Å². The maximum absolute atomic E-state index is 12.0. The molecule has 0 aromatic carbocycles. The van der Waals surface area contributed by atoms with E-state index in [1.807, 2.05) is 0 Å². The van der Waals surface area contributed by atoms with Crippen LogP contribution in [0.1, 0.15) is 11.4 Å². The number of nitrogens with zero attached hydrogens (tertiary/aromatic N) is 2. The smallest absolute Gasteiger partial charge is 0.351 e. The Bertz CT molecular complexity index is 309. The van der Waals surface area contributed by atoms with Gasteiger partial charge in [-0.3, -0.25) is 4.79 Å². The fourth-order valence-electron chi connectivity index (χ4n) is 0.725. The van der Waals surface area contributed by atoms with E-state index in [4.69, 9.17) is 0 Å². The molecule has 76 valence electrons. The molecule has 0 radical (unpaired) electrons. The highest BCUT2D eigenvalue weighted by Gasteiger charge is 2.31. The van der Waals surface area contributed by atoms with E-state index in [-0.39, 0.29) is 12.4 Å². The highest BCUT2D eigenvalue weighted by atomic mass is 19.4. The molecule has 0 bridgehead atoms. The summed E-state index contributed by atoms with van der Waals surface area (Å²) in [7, 11) is 0. The van der Waals surface area contributed by atoms with Gasteiger partial charge >= 0.3 is 6.18 Å². The van der Waals surface area contributed by atoms with Crippen molar-refractivity contribution < 1.29 is 18.0 Å². The van der Waals surface area contributed by atoms with Crippen molar-refractivity contribution in [1.82, 2.24) is 15.3 Å². The second kappa shape index (κ2) is 4.03. The maximum Gasteiger partial charge on any atom is 0.419 e. The van der Waals surface area contributed by atoms with E-state index in [0.29, 0.717) is 18.8 Å². The van der Waals surface area contributed by atoms with Gasteiger partial charge in [0.1, 0.15) is 5.82 Å². The molecule has 1 N–H and O–H groups in total. The number of nitrogens with one attached hydrogen (secondary N) is 1. The summed E-state index contributed by atoms with van der Waals surface area (Å²) in [5.41, 5.74) is -0.910. The van der Waals surface area contributed by atoms with Gasteiger partial charge in [0, 0.05) is 12.4 Å². The summed E-state index contributed by atoms with van der Waals surface area (Å²) in [6.45, 7) is 0.0155. The van der Waals surface area contributed by atoms with Crippen LogP contribution in [0.4, 0.5) is 13.2 Å². The van der Waals surface area contributed by atoms with Gasteiger partial charge in [0.15, 0.2) is 0 Å². The standard InChI is InChI=1S/C7H6F3N3O/c8-7(9,10)5-1-12-6(13-2-5)3-11-4-14/h1-2,4H,3H2,(H,11,14). The average molecular weight is 205 g/mol. The zero-order valence-corrected chi connectivity index (χ0v) is 6.88. The van der Waals surface area contributed by atoms with E-state index in [1.165, 1.54) is 0 Å². The minimum atomic E-state index is -4.43. The zero-order chi connectivity index (χ0) is 10.6. The number of rotatable bonds is 3. The molecular formula is C7H6F3N3O. The Balaban J connectivity index is 2.73. The molecule has 1 heterocycles. The van der Waals surface area contributed by atoms with Crippen molar-refractivity contribution in [2.24, 2.45) is 0 Å². The van der Waals surface area contributed by atoms with Crippen LogP contribution in [0.2, 0.25) is 0 Å². The third-order valence-electron chi connectivity index (χ3n) is 1.38. The molecule has 0 spiro atoms. The third-order valence-corrected chi connectivity index (χ3v) is 1.38. The summed E-state index contributed by atoms with van der Waals surface area (Å²) in [5.74, 6) is 0.130. The van der Waals surface area contributed by atoms with Crippen molar-refractivity contribution in [1.29, 1.82) is 0 Å². The molecule has 0 atom stereocenters. The number of hydrogen-bond acceptors (Lipinski definition) is 3. The van der Waals surface area contributed by atoms with Gasteiger partial charge in [0.2, 0.25) is 6.41 Å². The summed E-state index contributed by atoms with van der Waals surface area (Å²) >= 11 is 0. The third kappa shape index (κ3) is 2.68. The number of hydrogen-bond donors (Lipinski definition) is 1. The molecule has 0 aliphatic heterocycles. The van der Waals surface area contributed by atoms with Crippen LogP contribution in [0.5, 0.6) is 0 Å². The van der Waals surface area contributed by atoms with Gasteiger partial charge in [0.05, 0.1) is 12.1 Å². The van der Waals surface area contributed by atoms with Gasteiger partial charge in [-0.05, 0) is 0 Å². The van der Waals surface area contributed by atoms with E-state index in [2.05, 4.69) is 15.3 Å². The Kier molecular flexibility index (Phi) is 3.00. The number of aromatic nitrogens is 2. The molecule has 0 fully saturated rings. The fourth-order valence-corrected chi connectivity index (χ4v) is 0.725. The van der Waals surface area contributed by atoms with Gasteiger partial charge in [-0.15, -0.1) is 0 Å². The Labute approximate surface area is 77.2 Å². The van der Waals surface area contributed by atoms with Crippen molar-refractivity contribution in [3.8, 4) is 0 Å². The lowest BCUT2D eigenvalue weighted by Gasteiger charge is -2.05. The van der Waals surface area contributed by atoms with E-state index in [9.17, 15) is 18.0 Å².